The van der Waals surface area contributed by atoms with Crippen molar-refractivity contribution >= 4 is 22.4 Å². The Morgan fingerprint density at radius 1 is 1.09 bits per heavy atom. The molecule has 0 fully saturated rings. The third-order valence-electron chi connectivity index (χ3n) is 3.41. The maximum Gasteiger partial charge on any atom is 0.193 e. The molecule has 0 heterocycles. The van der Waals surface area contributed by atoms with Crippen LogP contribution in [0.25, 0.3) is 0 Å². The van der Waals surface area contributed by atoms with Crippen molar-refractivity contribution in [2.75, 3.05) is 17.6 Å². The molecule has 0 aliphatic heterocycles. The highest BCUT2D eigenvalue weighted by Gasteiger charge is 2.01. The van der Waals surface area contributed by atoms with Crippen LogP contribution in [0.2, 0.25) is 0 Å². The predicted octanol–water partition coefficient (Wildman–Crippen LogP) is 2.92. The molecule has 4 nitrogen and oxygen atoms in total. The summed E-state index contributed by atoms with van der Waals surface area (Å²) >= 11 is 0. The number of anilines is 1. The SMILES string of the molecule is CCc1ccc(NC(N)=NCCS(=O)Cc2ccccc2)cc1. The van der Waals surface area contributed by atoms with E-state index >= 15 is 0 Å². The van der Waals surface area contributed by atoms with Gasteiger partial charge in [-0.1, -0.05) is 49.4 Å². The van der Waals surface area contributed by atoms with Gasteiger partial charge in [-0.25, -0.2) is 0 Å². The number of nitrogens with zero attached hydrogens (tertiary/aromatic N) is 1. The lowest BCUT2D eigenvalue weighted by atomic mass is 10.1. The van der Waals surface area contributed by atoms with Gasteiger partial charge in [-0.2, -0.15) is 0 Å². The second-order valence-electron chi connectivity index (χ2n) is 5.22. The lowest BCUT2D eigenvalue weighted by Crippen LogP contribution is -2.23. The molecular weight excluding hydrogens is 306 g/mol. The second kappa shape index (κ2) is 9.10. The molecule has 2 aromatic carbocycles. The molecule has 0 aliphatic carbocycles. The summed E-state index contributed by atoms with van der Waals surface area (Å²) in [4.78, 5) is 4.23. The summed E-state index contributed by atoms with van der Waals surface area (Å²) in [6.45, 7) is 2.57. The topological polar surface area (TPSA) is 67.5 Å². The molecule has 23 heavy (non-hydrogen) atoms. The minimum absolute atomic E-state index is 0.353. The van der Waals surface area contributed by atoms with E-state index in [1.165, 1.54) is 5.56 Å². The summed E-state index contributed by atoms with van der Waals surface area (Å²) < 4.78 is 12.0. The van der Waals surface area contributed by atoms with Crippen LogP contribution >= 0.6 is 0 Å². The van der Waals surface area contributed by atoms with E-state index in [1.807, 2.05) is 42.5 Å². The van der Waals surface area contributed by atoms with Crippen LogP contribution < -0.4 is 11.1 Å². The van der Waals surface area contributed by atoms with E-state index in [0.717, 1.165) is 17.7 Å². The first-order valence-corrected chi connectivity index (χ1v) is 9.21. The van der Waals surface area contributed by atoms with E-state index in [1.54, 1.807) is 0 Å². The van der Waals surface area contributed by atoms with Gasteiger partial charge in [-0.05, 0) is 29.7 Å². The Balaban J connectivity index is 1.76. The highest BCUT2D eigenvalue weighted by atomic mass is 32.2. The fraction of sp³-hybridized carbons (Fsp3) is 0.278. The summed E-state index contributed by atoms with van der Waals surface area (Å²) in [5.74, 6) is 1.42. The predicted molar refractivity (Wildman–Crippen MR) is 99.1 cm³/mol. The molecule has 0 saturated carbocycles. The van der Waals surface area contributed by atoms with Crippen LogP contribution in [0, 0.1) is 0 Å². The number of nitrogens with one attached hydrogen (secondary N) is 1. The summed E-state index contributed by atoms with van der Waals surface area (Å²) in [5, 5.41) is 3.05. The third-order valence-corrected chi connectivity index (χ3v) is 4.70. The smallest absolute Gasteiger partial charge is 0.193 e. The first kappa shape index (κ1) is 17.2. The molecular formula is C18H23N3OS. The van der Waals surface area contributed by atoms with Crippen molar-refractivity contribution in [3.05, 3.63) is 65.7 Å². The van der Waals surface area contributed by atoms with Gasteiger partial charge < -0.3 is 11.1 Å². The van der Waals surface area contributed by atoms with E-state index in [9.17, 15) is 4.21 Å². The van der Waals surface area contributed by atoms with Crippen molar-refractivity contribution in [3.63, 3.8) is 0 Å². The standard InChI is InChI=1S/C18H23N3OS/c1-2-15-8-10-17(11-9-15)21-18(19)20-12-13-23(22)14-16-6-4-3-5-7-16/h3-11H,2,12-14H2,1H3,(H3,19,20,21). The largest absolute Gasteiger partial charge is 0.370 e. The lowest BCUT2D eigenvalue weighted by molar-refractivity contribution is 0.682. The van der Waals surface area contributed by atoms with Crippen molar-refractivity contribution in [3.8, 4) is 0 Å². The highest BCUT2D eigenvalue weighted by molar-refractivity contribution is 7.84. The molecule has 0 aliphatic rings. The molecule has 0 aromatic heterocycles. The monoisotopic (exact) mass is 329 g/mol. The van der Waals surface area contributed by atoms with Crippen LogP contribution in [0.15, 0.2) is 59.6 Å². The first-order valence-electron chi connectivity index (χ1n) is 7.72. The Morgan fingerprint density at radius 3 is 2.43 bits per heavy atom. The van der Waals surface area contributed by atoms with E-state index < -0.39 is 10.8 Å². The summed E-state index contributed by atoms with van der Waals surface area (Å²) in [6.07, 6.45) is 1.01. The van der Waals surface area contributed by atoms with E-state index in [2.05, 4.69) is 29.4 Å². The first-order chi connectivity index (χ1) is 11.2. The number of benzene rings is 2. The fourth-order valence-electron chi connectivity index (χ4n) is 2.11. The van der Waals surface area contributed by atoms with E-state index in [4.69, 9.17) is 5.73 Å². The van der Waals surface area contributed by atoms with Crippen LogP contribution in [0.1, 0.15) is 18.1 Å². The van der Waals surface area contributed by atoms with Crippen LogP contribution in [0.4, 0.5) is 5.69 Å². The number of guanidine groups is 1. The maximum atomic E-state index is 12.0. The lowest BCUT2D eigenvalue weighted by Gasteiger charge is -2.06. The normalized spacial score (nSPS) is 12.8. The molecule has 1 unspecified atom stereocenters. The van der Waals surface area contributed by atoms with Crippen molar-refractivity contribution < 1.29 is 4.21 Å². The zero-order chi connectivity index (χ0) is 16.5. The van der Waals surface area contributed by atoms with Crippen LogP contribution in [0.3, 0.4) is 0 Å². The van der Waals surface area contributed by atoms with Crippen LogP contribution in [-0.4, -0.2) is 22.5 Å². The number of hydrogen-bond donors (Lipinski definition) is 2. The van der Waals surface area contributed by atoms with E-state index in [-0.39, 0.29) is 0 Å². The molecule has 1 atom stereocenters. The molecule has 2 rings (SSSR count). The number of aryl methyl sites for hydroxylation is 1. The van der Waals surface area contributed by atoms with Crippen molar-refractivity contribution in [2.24, 2.45) is 10.7 Å². The van der Waals surface area contributed by atoms with Crippen molar-refractivity contribution in [1.82, 2.24) is 0 Å². The second-order valence-corrected chi connectivity index (χ2v) is 6.79. The molecule has 122 valence electrons. The van der Waals surface area contributed by atoms with Gasteiger partial charge in [-0.15, -0.1) is 0 Å². The van der Waals surface area contributed by atoms with Crippen molar-refractivity contribution in [1.29, 1.82) is 0 Å². The highest BCUT2D eigenvalue weighted by Crippen LogP contribution is 2.09. The van der Waals surface area contributed by atoms with Gasteiger partial charge in [0.1, 0.15) is 0 Å². The molecule has 3 N–H and O–H groups in total. The van der Waals surface area contributed by atoms with Gasteiger partial charge in [0.25, 0.3) is 0 Å². The Labute approximate surface area is 140 Å². The molecule has 0 amide bonds. The Bertz CT molecular complexity index is 654. The van der Waals surface area contributed by atoms with Gasteiger partial charge in [0.05, 0.1) is 6.54 Å². The zero-order valence-corrected chi connectivity index (χ0v) is 14.2. The van der Waals surface area contributed by atoms with Crippen LogP contribution in [-0.2, 0) is 23.0 Å². The fourth-order valence-corrected chi connectivity index (χ4v) is 3.11. The number of rotatable bonds is 7. The Kier molecular flexibility index (Phi) is 6.81. The van der Waals surface area contributed by atoms with E-state index in [0.29, 0.717) is 24.0 Å². The molecule has 5 heteroatoms. The summed E-state index contributed by atoms with van der Waals surface area (Å²) in [5.41, 5.74) is 9.13. The average molecular weight is 329 g/mol. The third kappa shape index (κ3) is 6.24. The quantitative estimate of drug-likeness (QED) is 0.606. The van der Waals surface area contributed by atoms with Gasteiger partial charge in [0, 0.05) is 28.0 Å². The van der Waals surface area contributed by atoms with Gasteiger partial charge in [-0.3, -0.25) is 9.20 Å². The Hall–Kier alpha value is -2.14. The number of aliphatic imine (C=N–C) groups is 1. The Morgan fingerprint density at radius 2 is 1.78 bits per heavy atom. The maximum absolute atomic E-state index is 12.0. The average Bonchev–Trinajstić information content (AvgIpc) is 2.56. The minimum atomic E-state index is -0.929. The van der Waals surface area contributed by atoms with Crippen LogP contribution in [0.5, 0.6) is 0 Å². The van der Waals surface area contributed by atoms with Crippen molar-refractivity contribution in [2.45, 2.75) is 19.1 Å². The zero-order valence-electron chi connectivity index (χ0n) is 13.4. The molecule has 0 radical (unpaired) electrons. The molecule has 0 bridgehead atoms. The number of nitrogens with two attached hydrogens (primary N) is 1. The van der Waals surface area contributed by atoms with Gasteiger partial charge >= 0.3 is 0 Å². The summed E-state index contributed by atoms with van der Waals surface area (Å²) in [7, 11) is -0.929. The molecule has 0 saturated heterocycles. The van der Waals surface area contributed by atoms with Gasteiger partial charge in [0.2, 0.25) is 0 Å². The minimum Gasteiger partial charge on any atom is -0.370 e. The number of hydrogen-bond acceptors (Lipinski definition) is 2. The van der Waals surface area contributed by atoms with Gasteiger partial charge in [0.15, 0.2) is 5.96 Å². The summed E-state index contributed by atoms with van der Waals surface area (Å²) in [6, 6.07) is 17.9. The molecule has 0 spiro atoms. The molecule has 2 aromatic rings.